The van der Waals surface area contributed by atoms with Gasteiger partial charge >= 0.3 is 12.1 Å². The van der Waals surface area contributed by atoms with E-state index in [1.165, 1.54) is 4.90 Å². The van der Waals surface area contributed by atoms with E-state index in [0.717, 1.165) is 34.6 Å². The summed E-state index contributed by atoms with van der Waals surface area (Å²) in [5, 5.41) is 19.0. The van der Waals surface area contributed by atoms with E-state index in [-0.39, 0.29) is 30.7 Å². The van der Waals surface area contributed by atoms with Crippen molar-refractivity contribution < 1.29 is 38.7 Å². The van der Waals surface area contributed by atoms with Gasteiger partial charge in [0.15, 0.2) is 0 Å². The Morgan fingerprint density at radius 1 is 0.976 bits per heavy atom. The third-order valence-corrected chi connectivity index (χ3v) is 7.29. The minimum absolute atomic E-state index is 0.00702. The maximum absolute atomic E-state index is 11.7. The average molecular weight is 564 g/mol. The Bertz CT molecular complexity index is 1310. The molecule has 3 aromatic rings. The second-order valence-electron chi connectivity index (χ2n) is 10.1. The predicted molar refractivity (Wildman–Crippen MR) is 153 cm³/mol. The van der Waals surface area contributed by atoms with Crippen LogP contribution in [0.1, 0.15) is 51.4 Å². The molecule has 3 aromatic carbocycles. The van der Waals surface area contributed by atoms with Gasteiger partial charge in [-0.05, 0) is 54.3 Å². The lowest BCUT2D eigenvalue weighted by atomic mass is 9.87. The molecule has 4 rings (SSSR count). The zero-order valence-corrected chi connectivity index (χ0v) is 23.5. The van der Waals surface area contributed by atoms with E-state index in [2.05, 4.69) is 0 Å². The Kier molecular flexibility index (Phi) is 10.6. The van der Waals surface area contributed by atoms with Gasteiger partial charge in [0.05, 0.1) is 51.7 Å². The molecule has 1 aliphatic heterocycles. The number of hydrogen-bond donors (Lipinski definition) is 2. The number of aromatic carboxylic acids is 1. The van der Waals surface area contributed by atoms with Gasteiger partial charge in [-0.25, -0.2) is 9.59 Å². The van der Waals surface area contributed by atoms with Gasteiger partial charge in [-0.1, -0.05) is 42.5 Å². The molecule has 1 aliphatic rings. The van der Waals surface area contributed by atoms with Gasteiger partial charge in [0.25, 0.3) is 0 Å². The van der Waals surface area contributed by atoms with Crippen LogP contribution in [0.5, 0.6) is 11.5 Å². The number of piperidine rings is 1. The van der Waals surface area contributed by atoms with E-state index in [1.807, 2.05) is 54.6 Å². The van der Waals surface area contributed by atoms with Crippen molar-refractivity contribution in [3.63, 3.8) is 0 Å². The number of benzene rings is 3. The number of rotatable bonds is 13. The van der Waals surface area contributed by atoms with Gasteiger partial charge in [0.1, 0.15) is 11.5 Å². The summed E-state index contributed by atoms with van der Waals surface area (Å²) in [7, 11) is 1.65. The summed E-state index contributed by atoms with van der Waals surface area (Å²) in [5.74, 6) is 0.569. The van der Waals surface area contributed by atoms with Crippen molar-refractivity contribution in [2.45, 2.75) is 45.0 Å². The summed E-state index contributed by atoms with van der Waals surface area (Å²) in [6.45, 7) is 4.16. The fourth-order valence-electron chi connectivity index (χ4n) is 5.00. The minimum atomic E-state index is -0.986. The summed E-state index contributed by atoms with van der Waals surface area (Å²) >= 11 is 0. The third-order valence-electron chi connectivity index (χ3n) is 7.29. The fourth-order valence-corrected chi connectivity index (χ4v) is 5.00. The molecule has 0 radical (unpaired) electrons. The first-order chi connectivity index (χ1) is 19.9. The lowest BCUT2D eigenvalue weighted by molar-refractivity contribution is -0.0199. The Balaban J connectivity index is 1.30. The van der Waals surface area contributed by atoms with Crippen LogP contribution < -0.4 is 9.47 Å². The zero-order chi connectivity index (χ0) is 29.2. The molecule has 2 N–H and O–H groups in total. The highest BCUT2D eigenvalue weighted by molar-refractivity contribution is 5.89. The third kappa shape index (κ3) is 8.22. The van der Waals surface area contributed by atoms with E-state index >= 15 is 0 Å². The summed E-state index contributed by atoms with van der Waals surface area (Å²) in [5.41, 5.74) is 3.69. The molecular weight excluding hydrogens is 526 g/mol. The van der Waals surface area contributed by atoms with E-state index in [9.17, 15) is 19.8 Å². The van der Waals surface area contributed by atoms with Gasteiger partial charge in [0.2, 0.25) is 0 Å². The van der Waals surface area contributed by atoms with Crippen LogP contribution in [0.25, 0.3) is 0 Å². The Morgan fingerprint density at radius 3 is 2.49 bits per heavy atom. The number of para-hydroxylation sites is 1. The number of methoxy groups -OCH3 is 1. The minimum Gasteiger partial charge on any atom is -0.496 e. The standard InChI is InChI=1S/C32H37NO8/c1-22-8-9-23(18-28(22)31(34)35)20-41-30-19-33(32(36)37)15-14-27(30)24-10-12-26(13-11-24)40-17-5-16-39-21-25-6-3-4-7-29(25)38-2/h3-4,6-13,18,27,30H,5,14-17,19-21H2,1-2H3,(H,34,35)(H,36,37). The van der Waals surface area contributed by atoms with Gasteiger partial charge < -0.3 is 34.1 Å². The van der Waals surface area contributed by atoms with Crippen molar-refractivity contribution >= 4 is 12.1 Å². The smallest absolute Gasteiger partial charge is 0.407 e. The number of aryl methyl sites for hydroxylation is 1. The molecule has 1 saturated heterocycles. The number of ether oxygens (including phenoxy) is 4. The van der Waals surface area contributed by atoms with E-state index < -0.39 is 12.1 Å². The Morgan fingerprint density at radius 2 is 1.76 bits per heavy atom. The van der Waals surface area contributed by atoms with Crippen LogP contribution in [0.15, 0.2) is 66.7 Å². The number of nitrogens with zero attached hydrogens (tertiary/aromatic N) is 1. The van der Waals surface area contributed by atoms with Crippen LogP contribution in [0.4, 0.5) is 4.79 Å². The highest BCUT2D eigenvalue weighted by Crippen LogP contribution is 2.32. The van der Waals surface area contributed by atoms with Crippen LogP contribution in [0.2, 0.25) is 0 Å². The van der Waals surface area contributed by atoms with E-state index in [0.29, 0.717) is 38.3 Å². The summed E-state index contributed by atoms with van der Waals surface area (Å²) in [6.07, 6.45) is 0.00989. The molecule has 1 amide bonds. The number of carboxylic acid groups (broad SMARTS) is 2. The SMILES string of the molecule is COc1ccccc1COCCCOc1ccc(C2CCN(C(=O)O)CC2OCc2ccc(C)c(C(=O)O)c2)cc1. The van der Waals surface area contributed by atoms with Gasteiger partial charge in [-0.3, -0.25) is 0 Å². The van der Waals surface area contributed by atoms with E-state index in [4.69, 9.17) is 18.9 Å². The predicted octanol–water partition coefficient (Wildman–Crippen LogP) is 5.74. The van der Waals surface area contributed by atoms with E-state index in [1.54, 1.807) is 26.2 Å². The lowest BCUT2D eigenvalue weighted by Gasteiger charge is -2.37. The summed E-state index contributed by atoms with van der Waals surface area (Å²) in [6, 6.07) is 20.8. The Labute approximate surface area is 240 Å². The molecule has 41 heavy (non-hydrogen) atoms. The first-order valence-corrected chi connectivity index (χ1v) is 13.7. The maximum atomic E-state index is 11.7. The van der Waals surface area contributed by atoms with Crippen molar-refractivity contribution in [1.29, 1.82) is 0 Å². The molecule has 218 valence electrons. The first-order valence-electron chi connectivity index (χ1n) is 13.7. The summed E-state index contributed by atoms with van der Waals surface area (Å²) in [4.78, 5) is 24.5. The molecule has 0 aliphatic carbocycles. The number of carboxylic acids is 1. The van der Waals surface area contributed by atoms with Crippen molar-refractivity contribution in [3.8, 4) is 11.5 Å². The van der Waals surface area contributed by atoms with Gasteiger partial charge in [-0.2, -0.15) is 0 Å². The van der Waals surface area contributed by atoms with Gasteiger partial charge in [-0.15, -0.1) is 0 Å². The van der Waals surface area contributed by atoms with Gasteiger partial charge in [0, 0.05) is 24.4 Å². The first kappa shape index (κ1) is 29.9. The number of likely N-dealkylation sites (tertiary alicyclic amines) is 1. The normalized spacial score (nSPS) is 16.8. The second kappa shape index (κ2) is 14.5. The molecule has 2 unspecified atom stereocenters. The Hall–Kier alpha value is -4.08. The van der Waals surface area contributed by atoms with Crippen LogP contribution >= 0.6 is 0 Å². The highest BCUT2D eigenvalue weighted by atomic mass is 16.5. The molecular formula is C32H37NO8. The number of hydrogen-bond acceptors (Lipinski definition) is 6. The van der Waals surface area contributed by atoms with Crippen LogP contribution in [-0.4, -0.2) is 66.7 Å². The number of amides is 1. The molecule has 2 atom stereocenters. The van der Waals surface area contributed by atoms with Crippen molar-refractivity contribution in [1.82, 2.24) is 4.90 Å². The van der Waals surface area contributed by atoms with Crippen LogP contribution in [0.3, 0.4) is 0 Å². The van der Waals surface area contributed by atoms with Crippen molar-refractivity contribution in [2.75, 3.05) is 33.4 Å². The second-order valence-corrected chi connectivity index (χ2v) is 10.1. The average Bonchev–Trinajstić information content (AvgIpc) is 2.98. The van der Waals surface area contributed by atoms with Crippen molar-refractivity contribution in [2.24, 2.45) is 0 Å². The molecule has 0 saturated carbocycles. The topological polar surface area (TPSA) is 115 Å². The maximum Gasteiger partial charge on any atom is 0.407 e. The molecule has 0 aromatic heterocycles. The quantitative estimate of drug-likeness (QED) is 0.253. The van der Waals surface area contributed by atoms with Crippen LogP contribution in [0, 0.1) is 6.92 Å². The molecule has 1 fully saturated rings. The molecule has 9 heteroatoms. The van der Waals surface area contributed by atoms with Crippen molar-refractivity contribution in [3.05, 3.63) is 94.5 Å². The molecule has 1 heterocycles. The lowest BCUT2D eigenvalue weighted by Crippen LogP contribution is -2.46. The summed E-state index contributed by atoms with van der Waals surface area (Å²) < 4.78 is 23.2. The molecule has 0 spiro atoms. The highest BCUT2D eigenvalue weighted by Gasteiger charge is 2.33. The monoisotopic (exact) mass is 563 g/mol. The van der Waals surface area contributed by atoms with Crippen LogP contribution in [-0.2, 0) is 22.7 Å². The zero-order valence-electron chi connectivity index (χ0n) is 23.5. The largest absolute Gasteiger partial charge is 0.496 e. The fraction of sp³-hybridized carbons (Fsp3) is 0.375. The number of carbonyl (C=O) groups is 2. The molecule has 0 bridgehead atoms. The molecule has 9 nitrogen and oxygen atoms in total.